The van der Waals surface area contributed by atoms with Crippen molar-refractivity contribution in [1.29, 1.82) is 0 Å². The van der Waals surface area contributed by atoms with E-state index in [9.17, 15) is 9.90 Å². The normalized spacial score (nSPS) is 17.8. The van der Waals surface area contributed by atoms with Crippen LogP contribution in [-0.2, 0) is 10.8 Å². The molecule has 5 nitrogen and oxygen atoms in total. The van der Waals surface area contributed by atoms with Gasteiger partial charge in [0.05, 0.1) is 24.1 Å². The van der Waals surface area contributed by atoms with E-state index in [0.29, 0.717) is 11.7 Å². The molecule has 1 aliphatic rings. The summed E-state index contributed by atoms with van der Waals surface area (Å²) in [6.45, 7) is 14.4. The SMILES string of the molecule is CCC(C)CN(c1nc2c(s1)C(C)(C)CCC2(C)C)c1ccc(C(=O)O)cc1OC. The highest BCUT2D eigenvalue weighted by atomic mass is 32.1. The first-order chi connectivity index (χ1) is 14.0. The summed E-state index contributed by atoms with van der Waals surface area (Å²) in [5.41, 5.74) is 2.46. The van der Waals surface area contributed by atoms with Gasteiger partial charge in [-0.1, -0.05) is 48.0 Å². The Hall–Kier alpha value is -2.08. The van der Waals surface area contributed by atoms with Crippen molar-refractivity contribution in [2.45, 2.75) is 71.6 Å². The molecule has 0 bridgehead atoms. The molecule has 1 heterocycles. The van der Waals surface area contributed by atoms with Gasteiger partial charge < -0.3 is 14.7 Å². The van der Waals surface area contributed by atoms with E-state index < -0.39 is 5.97 Å². The maximum absolute atomic E-state index is 11.4. The molecule has 30 heavy (non-hydrogen) atoms. The molecule has 0 aliphatic heterocycles. The van der Waals surface area contributed by atoms with Crippen LogP contribution in [0.1, 0.15) is 81.7 Å². The standard InChI is InChI=1S/C24H34N2O3S/c1-8-15(2)14-26(17-10-9-16(21(27)28)13-18(17)29-7)22-25-19-20(30-22)24(5,6)12-11-23(19,3)4/h9-10,13,15H,8,11-12,14H2,1-7H3,(H,27,28). The second-order valence-corrected chi connectivity index (χ2v) is 10.7. The molecule has 1 aromatic heterocycles. The largest absolute Gasteiger partial charge is 0.495 e. The van der Waals surface area contributed by atoms with Crippen molar-refractivity contribution in [3.63, 3.8) is 0 Å². The van der Waals surface area contributed by atoms with Crippen LogP contribution in [0.15, 0.2) is 18.2 Å². The van der Waals surface area contributed by atoms with Gasteiger partial charge in [-0.3, -0.25) is 0 Å². The Kier molecular flexibility index (Phi) is 6.19. The number of methoxy groups -OCH3 is 1. The maximum atomic E-state index is 11.4. The van der Waals surface area contributed by atoms with E-state index in [0.717, 1.165) is 36.6 Å². The topological polar surface area (TPSA) is 62.7 Å². The minimum atomic E-state index is -0.957. The van der Waals surface area contributed by atoms with E-state index in [1.165, 1.54) is 10.6 Å². The lowest BCUT2D eigenvalue weighted by Crippen LogP contribution is -2.32. The summed E-state index contributed by atoms with van der Waals surface area (Å²) in [5.74, 6) is 0.0576. The lowest BCUT2D eigenvalue weighted by molar-refractivity contribution is 0.0696. The Morgan fingerprint density at radius 3 is 2.50 bits per heavy atom. The Labute approximate surface area is 184 Å². The second-order valence-electron chi connectivity index (χ2n) is 9.76. The van der Waals surface area contributed by atoms with E-state index in [1.807, 2.05) is 6.07 Å². The number of carbonyl (C=O) groups is 1. The van der Waals surface area contributed by atoms with Gasteiger partial charge in [0.1, 0.15) is 5.75 Å². The molecule has 0 radical (unpaired) electrons. The number of hydrogen-bond donors (Lipinski definition) is 1. The molecule has 0 fully saturated rings. The third-order valence-electron chi connectivity index (χ3n) is 6.39. The minimum absolute atomic E-state index is 0.0545. The molecule has 1 atom stereocenters. The Bertz CT molecular complexity index is 899. The minimum Gasteiger partial charge on any atom is -0.495 e. The van der Waals surface area contributed by atoms with Gasteiger partial charge in [0, 0.05) is 22.3 Å². The van der Waals surface area contributed by atoms with Crippen molar-refractivity contribution in [1.82, 2.24) is 4.98 Å². The fraction of sp³-hybridized carbons (Fsp3) is 0.583. The zero-order valence-electron chi connectivity index (χ0n) is 19.2. The smallest absolute Gasteiger partial charge is 0.335 e. The zero-order valence-corrected chi connectivity index (χ0v) is 20.0. The average molecular weight is 431 g/mol. The van der Waals surface area contributed by atoms with E-state index in [2.05, 4.69) is 46.4 Å². The number of ether oxygens (including phenoxy) is 1. The van der Waals surface area contributed by atoms with Gasteiger partial charge in [-0.25, -0.2) is 9.78 Å². The lowest BCUT2D eigenvalue weighted by Gasteiger charge is -2.37. The van der Waals surface area contributed by atoms with E-state index >= 15 is 0 Å². The predicted octanol–water partition coefficient (Wildman–Crippen LogP) is 6.38. The van der Waals surface area contributed by atoms with Crippen LogP contribution in [0.25, 0.3) is 0 Å². The van der Waals surface area contributed by atoms with Crippen molar-refractivity contribution < 1.29 is 14.6 Å². The summed E-state index contributed by atoms with van der Waals surface area (Å²) in [6, 6.07) is 5.09. The van der Waals surface area contributed by atoms with Crippen LogP contribution >= 0.6 is 11.3 Å². The van der Waals surface area contributed by atoms with Crippen molar-refractivity contribution in [2.75, 3.05) is 18.6 Å². The number of nitrogens with zero attached hydrogens (tertiary/aromatic N) is 2. The van der Waals surface area contributed by atoms with Crippen molar-refractivity contribution in [2.24, 2.45) is 5.92 Å². The van der Waals surface area contributed by atoms with E-state index in [1.54, 1.807) is 30.6 Å². The molecule has 1 unspecified atom stereocenters. The molecule has 0 saturated carbocycles. The molecule has 6 heteroatoms. The lowest BCUT2D eigenvalue weighted by atomic mass is 9.69. The van der Waals surface area contributed by atoms with Crippen molar-refractivity contribution >= 4 is 28.1 Å². The summed E-state index contributed by atoms with van der Waals surface area (Å²) in [6.07, 6.45) is 3.32. The number of aromatic nitrogens is 1. The molecule has 1 aromatic carbocycles. The third-order valence-corrected chi connectivity index (χ3v) is 7.83. The van der Waals surface area contributed by atoms with Gasteiger partial charge in [-0.2, -0.15) is 0 Å². The molecule has 2 aromatic rings. The van der Waals surface area contributed by atoms with Crippen LogP contribution < -0.4 is 9.64 Å². The van der Waals surface area contributed by atoms with E-state index in [4.69, 9.17) is 9.72 Å². The van der Waals surface area contributed by atoms with Gasteiger partial charge in [0.25, 0.3) is 0 Å². The van der Waals surface area contributed by atoms with Gasteiger partial charge >= 0.3 is 5.97 Å². The number of carboxylic acids is 1. The highest BCUT2D eigenvalue weighted by Gasteiger charge is 2.41. The molecule has 1 N–H and O–H groups in total. The summed E-state index contributed by atoms with van der Waals surface area (Å²) >= 11 is 1.77. The number of fused-ring (bicyclic) bond motifs is 1. The van der Waals surface area contributed by atoms with Crippen molar-refractivity contribution in [3.8, 4) is 5.75 Å². The first-order valence-electron chi connectivity index (χ1n) is 10.7. The molecule has 3 rings (SSSR count). The Morgan fingerprint density at radius 1 is 1.27 bits per heavy atom. The first kappa shape index (κ1) is 22.6. The van der Waals surface area contributed by atoms with Crippen molar-refractivity contribution in [3.05, 3.63) is 34.3 Å². The first-order valence-corrected chi connectivity index (χ1v) is 11.5. The van der Waals surface area contributed by atoms with E-state index in [-0.39, 0.29) is 16.4 Å². The monoisotopic (exact) mass is 430 g/mol. The van der Waals surface area contributed by atoms with Crippen LogP contribution in [0.2, 0.25) is 0 Å². The number of hydrogen-bond acceptors (Lipinski definition) is 5. The summed E-state index contributed by atoms with van der Waals surface area (Å²) in [5, 5.41) is 10.3. The second kappa shape index (κ2) is 8.22. The molecule has 0 saturated heterocycles. The molecular weight excluding hydrogens is 396 g/mol. The van der Waals surface area contributed by atoms with Crippen LogP contribution in [0.3, 0.4) is 0 Å². The van der Waals surface area contributed by atoms with Gasteiger partial charge in [-0.15, -0.1) is 11.3 Å². The number of thiazole rings is 1. The Morgan fingerprint density at radius 2 is 1.93 bits per heavy atom. The third kappa shape index (κ3) is 4.20. The predicted molar refractivity (Wildman–Crippen MR) is 124 cm³/mol. The molecule has 0 spiro atoms. The number of carboxylic acid groups (broad SMARTS) is 1. The zero-order chi connectivity index (χ0) is 22.3. The van der Waals surface area contributed by atoms with Gasteiger partial charge in [0.15, 0.2) is 5.13 Å². The number of rotatable bonds is 7. The highest BCUT2D eigenvalue weighted by Crippen LogP contribution is 2.50. The summed E-state index contributed by atoms with van der Waals surface area (Å²) in [4.78, 5) is 20.2. The average Bonchev–Trinajstić information content (AvgIpc) is 3.17. The van der Waals surface area contributed by atoms with Crippen LogP contribution in [-0.4, -0.2) is 29.7 Å². The number of anilines is 2. The van der Waals surface area contributed by atoms with Gasteiger partial charge in [0.2, 0.25) is 0 Å². The fourth-order valence-electron chi connectivity index (χ4n) is 3.95. The number of benzene rings is 1. The quantitative estimate of drug-likeness (QED) is 0.552. The van der Waals surface area contributed by atoms with Crippen LogP contribution in [0, 0.1) is 5.92 Å². The summed E-state index contributed by atoms with van der Waals surface area (Å²) in [7, 11) is 1.59. The summed E-state index contributed by atoms with van der Waals surface area (Å²) < 4.78 is 5.61. The fourth-order valence-corrected chi connectivity index (χ4v) is 5.35. The van der Waals surface area contributed by atoms with Gasteiger partial charge in [-0.05, 0) is 37.0 Å². The molecular formula is C24H34N2O3S. The molecule has 0 amide bonds. The molecule has 1 aliphatic carbocycles. The van der Waals surface area contributed by atoms with Crippen LogP contribution in [0.5, 0.6) is 5.75 Å². The highest BCUT2D eigenvalue weighted by molar-refractivity contribution is 7.16. The maximum Gasteiger partial charge on any atom is 0.335 e. The molecule has 164 valence electrons. The van der Waals surface area contributed by atoms with Crippen LogP contribution in [0.4, 0.5) is 10.8 Å². The Balaban J connectivity index is 2.15. The number of aromatic carboxylic acids is 1.